The number of para-hydroxylation sites is 1. The van der Waals surface area contributed by atoms with E-state index in [0.717, 1.165) is 15.7 Å². The van der Waals surface area contributed by atoms with E-state index in [-0.39, 0.29) is 0 Å². The molecule has 0 spiro atoms. The minimum atomic E-state index is 0.304. The number of hydrogen-bond acceptors (Lipinski definition) is 2. The molecule has 19 heavy (non-hydrogen) atoms. The fourth-order valence-electron chi connectivity index (χ4n) is 1.59. The Morgan fingerprint density at radius 2 is 1.79 bits per heavy atom. The predicted molar refractivity (Wildman–Crippen MR) is 89.8 cm³/mol. The molecule has 6 heteroatoms. The number of nitrogens with one attached hydrogen (secondary N) is 1. The average molecular weight is 376 g/mol. The molecule has 0 aliphatic carbocycles. The number of halogens is 3. The van der Waals surface area contributed by atoms with Gasteiger partial charge in [-0.2, -0.15) is 0 Å². The van der Waals surface area contributed by atoms with Gasteiger partial charge >= 0.3 is 0 Å². The van der Waals surface area contributed by atoms with Gasteiger partial charge < -0.3 is 11.1 Å². The first-order chi connectivity index (χ1) is 8.99. The summed E-state index contributed by atoms with van der Waals surface area (Å²) < 4.78 is 0.901. The van der Waals surface area contributed by atoms with Gasteiger partial charge in [-0.1, -0.05) is 57.4 Å². The zero-order chi connectivity index (χ0) is 14.0. The number of anilines is 2. The Morgan fingerprint density at radius 3 is 2.37 bits per heavy atom. The van der Waals surface area contributed by atoms with E-state index in [1.165, 1.54) is 0 Å². The van der Waals surface area contributed by atoms with Gasteiger partial charge in [0.2, 0.25) is 0 Å². The largest absolute Gasteiger partial charge is 0.389 e. The van der Waals surface area contributed by atoms with Crippen LogP contribution in [0.1, 0.15) is 5.56 Å². The highest BCUT2D eigenvalue weighted by molar-refractivity contribution is 9.10. The summed E-state index contributed by atoms with van der Waals surface area (Å²) in [5, 5.41) is 4.23. The SMILES string of the molecule is NC(=S)c1ccc(Br)cc1Nc1c(Cl)cccc1Cl. The number of rotatable bonds is 3. The van der Waals surface area contributed by atoms with E-state index in [4.69, 9.17) is 41.2 Å². The van der Waals surface area contributed by atoms with E-state index in [0.29, 0.717) is 20.7 Å². The highest BCUT2D eigenvalue weighted by Crippen LogP contribution is 2.34. The maximum Gasteiger partial charge on any atom is 0.106 e. The molecule has 0 radical (unpaired) electrons. The molecule has 0 bridgehead atoms. The lowest BCUT2D eigenvalue weighted by molar-refractivity contribution is 1.50. The Labute approximate surface area is 135 Å². The van der Waals surface area contributed by atoms with Crippen LogP contribution in [0, 0.1) is 0 Å². The molecule has 0 aliphatic rings. The van der Waals surface area contributed by atoms with Gasteiger partial charge in [-0.3, -0.25) is 0 Å². The first kappa shape index (κ1) is 14.6. The standard InChI is InChI=1S/C13H9BrCl2N2S/c14-7-4-5-8(13(17)19)11(6-7)18-12-9(15)2-1-3-10(12)16/h1-6,18H,(H2,17,19). The molecule has 3 N–H and O–H groups in total. The van der Waals surface area contributed by atoms with Gasteiger partial charge in [0.15, 0.2) is 0 Å². The molecule has 0 saturated carbocycles. The van der Waals surface area contributed by atoms with Crippen LogP contribution in [0.15, 0.2) is 40.9 Å². The average Bonchev–Trinajstić information content (AvgIpc) is 2.33. The molecule has 0 aliphatic heterocycles. The second-order valence-electron chi connectivity index (χ2n) is 3.78. The molecular formula is C13H9BrCl2N2S. The highest BCUT2D eigenvalue weighted by Gasteiger charge is 2.10. The molecule has 0 atom stereocenters. The van der Waals surface area contributed by atoms with E-state index >= 15 is 0 Å². The number of nitrogens with two attached hydrogens (primary N) is 1. The molecule has 2 rings (SSSR count). The summed E-state index contributed by atoms with van der Waals surface area (Å²) >= 11 is 20.7. The summed E-state index contributed by atoms with van der Waals surface area (Å²) in [6, 6.07) is 10.9. The minimum Gasteiger partial charge on any atom is -0.389 e. The van der Waals surface area contributed by atoms with Gasteiger partial charge in [0.05, 0.1) is 15.7 Å². The molecular weight excluding hydrogens is 367 g/mol. The number of benzene rings is 2. The fourth-order valence-corrected chi connectivity index (χ4v) is 2.62. The second-order valence-corrected chi connectivity index (χ2v) is 5.95. The van der Waals surface area contributed by atoms with Crippen molar-refractivity contribution >= 4 is 67.7 Å². The molecule has 0 aromatic heterocycles. The number of thiocarbonyl (C=S) groups is 1. The van der Waals surface area contributed by atoms with Crippen LogP contribution in [0.2, 0.25) is 10.0 Å². The lowest BCUT2D eigenvalue weighted by Gasteiger charge is -2.14. The lowest BCUT2D eigenvalue weighted by Crippen LogP contribution is -2.12. The van der Waals surface area contributed by atoms with Crippen molar-refractivity contribution in [3.63, 3.8) is 0 Å². The molecule has 0 unspecified atom stereocenters. The van der Waals surface area contributed by atoms with Crippen molar-refractivity contribution in [2.75, 3.05) is 5.32 Å². The van der Waals surface area contributed by atoms with Crippen molar-refractivity contribution < 1.29 is 0 Å². The Balaban J connectivity index is 2.49. The summed E-state index contributed by atoms with van der Waals surface area (Å²) in [5.41, 5.74) is 7.81. The Bertz CT molecular complexity index is 626. The second kappa shape index (κ2) is 6.09. The van der Waals surface area contributed by atoms with E-state index in [9.17, 15) is 0 Å². The Morgan fingerprint density at radius 1 is 1.16 bits per heavy atom. The van der Waals surface area contributed by atoms with E-state index in [1.54, 1.807) is 18.2 Å². The van der Waals surface area contributed by atoms with Gasteiger partial charge in [-0.25, -0.2) is 0 Å². The summed E-state index contributed by atoms with van der Waals surface area (Å²) in [7, 11) is 0. The van der Waals surface area contributed by atoms with Gasteiger partial charge in [-0.05, 0) is 30.3 Å². The zero-order valence-corrected chi connectivity index (χ0v) is 13.5. The van der Waals surface area contributed by atoms with Gasteiger partial charge in [0.25, 0.3) is 0 Å². The molecule has 0 saturated heterocycles. The Hall–Kier alpha value is -0.810. The van der Waals surface area contributed by atoms with Crippen LogP contribution in [-0.2, 0) is 0 Å². The number of hydrogen-bond donors (Lipinski definition) is 2. The smallest absolute Gasteiger partial charge is 0.106 e. The fraction of sp³-hybridized carbons (Fsp3) is 0. The summed E-state index contributed by atoms with van der Waals surface area (Å²) in [4.78, 5) is 0.304. The van der Waals surface area contributed by atoms with E-state index in [2.05, 4.69) is 21.2 Å². The van der Waals surface area contributed by atoms with Crippen LogP contribution in [0.5, 0.6) is 0 Å². The van der Waals surface area contributed by atoms with Crippen molar-refractivity contribution in [1.82, 2.24) is 0 Å². The van der Waals surface area contributed by atoms with Gasteiger partial charge in [0.1, 0.15) is 4.99 Å². The van der Waals surface area contributed by atoms with E-state index < -0.39 is 0 Å². The van der Waals surface area contributed by atoms with Gasteiger partial charge in [0, 0.05) is 15.7 Å². The third kappa shape index (κ3) is 3.39. The van der Waals surface area contributed by atoms with Crippen molar-refractivity contribution in [3.05, 3.63) is 56.5 Å². The van der Waals surface area contributed by atoms with Crippen LogP contribution < -0.4 is 11.1 Å². The van der Waals surface area contributed by atoms with Crippen LogP contribution in [-0.4, -0.2) is 4.99 Å². The van der Waals surface area contributed by atoms with Crippen molar-refractivity contribution in [2.45, 2.75) is 0 Å². The summed E-state index contributed by atoms with van der Waals surface area (Å²) in [6.45, 7) is 0. The third-order valence-corrected chi connectivity index (χ3v) is 3.81. The molecule has 0 amide bonds. The maximum absolute atomic E-state index is 6.13. The van der Waals surface area contributed by atoms with Crippen LogP contribution in [0.4, 0.5) is 11.4 Å². The third-order valence-electron chi connectivity index (χ3n) is 2.47. The minimum absolute atomic E-state index is 0.304. The van der Waals surface area contributed by atoms with Crippen molar-refractivity contribution in [2.24, 2.45) is 5.73 Å². The molecule has 0 fully saturated rings. The highest BCUT2D eigenvalue weighted by atomic mass is 79.9. The Kier molecular flexibility index (Phi) is 4.68. The van der Waals surface area contributed by atoms with Crippen molar-refractivity contribution in [3.8, 4) is 0 Å². The van der Waals surface area contributed by atoms with E-state index in [1.807, 2.05) is 18.2 Å². The molecule has 0 heterocycles. The molecule has 2 nitrogen and oxygen atoms in total. The topological polar surface area (TPSA) is 38.0 Å². The molecule has 2 aromatic rings. The lowest BCUT2D eigenvalue weighted by atomic mass is 10.1. The summed E-state index contributed by atoms with van der Waals surface area (Å²) in [6.07, 6.45) is 0. The first-order valence-electron chi connectivity index (χ1n) is 5.29. The van der Waals surface area contributed by atoms with Crippen LogP contribution in [0.25, 0.3) is 0 Å². The van der Waals surface area contributed by atoms with Gasteiger partial charge in [-0.15, -0.1) is 0 Å². The monoisotopic (exact) mass is 374 g/mol. The van der Waals surface area contributed by atoms with Crippen molar-refractivity contribution in [1.29, 1.82) is 0 Å². The maximum atomic E-state index is 6.13. The normalized spacial score (nSPS) is 10.3. The quantitative estimate of drug-likeness (QED) is 0.730. The van der Waals surface area contributed by atoms with Crippen LogP contribution in [0.3, 0.4) is 0 Å². The predicted octanol–water partition coefficient (Wildman–Crippen LogP) is 5.13. The zero-order valence-electron chi connectivity index (χ0n) is 9.58. The van der Waals surface area contributed by atoms with Crippen LogP contribution >= 0.6 is 51.3 Å². The summed E-state index contributed by atoms with van der Waals surface area (Å²) in [5.74, 6) is 0. The first-order valence-corrected chi connectivity index (χ1v) is 7.25. The molecule has 98 valence electrons. The molecule has 2 aromatic carbocycles.